The zero-order valence-corrected chi connectivity index (χ0v) is 11.0. The fourth-order valence-corrected chi connectivity index (χ4v) is 3.02. The van der Waals surface area contributed by atoms with E-state index in [2.05, 4.69) is 0 Å². The molecule has 3 rings (SSSR count). The molecule has 2 nitrogen and oxygen atoms in total. The highest BCUT2D eigenvalue weighted by molar-refractivity contribution is 8.13. The van der Waals surface area contributed by atoms with Crippen LogP contribution in [0.1, 0.15) is 0 Å². The number of para-hydroxylation sites is 1. The zero-order valence-electron chi connectivity index (χ0n) is 8.56. The Kier molecular flexibility index (Phi) is 2.48. The molecule has 86 valence electrons. The highest BCUT2D eigenvalue weighted by atomic mass is 35.9. The van der Waals surface area contributed by atoms with Crippen LogP contribution in [0.25, 0.3) is 21.9 Å². The fourth-order valence-electron chi connectivity index (χ4n) is 1.88. The maximum atomic E-state index is 11.6. The Hall–Kier alpha value is -0.950. The Bertz CT molecular complexity index is 757. The van der Waals surface area contributed by atoms with E-state index in [9.17, 15) is 4.57 Å². The topological polar surface area (TPSA) is 30.2 Å². The van der Waals surface area contributed by atoms with Gasteiger partial charge in [0.05, 0.1) is 0 Å². The van der Waals surface area contributed by atoms with Crippen molar-refractivity contribution in [3.63, 3.8) is 0 Å². The van der Waals surface area contributed by atoms with Crippen LogP contribution in [-0.4, -0.2) is 0 Å². The molecule has 0 unspecified atom stereocenters. The lowest BCUT2D eigenvalue weighted by molar-refractivity contribution is 0.597. The number of furan rings is 1. The second-order valence-electron chi connectivity index (χ2n) is 3.74. The van der Waals surface area contributed by atoms with Crippen molar-refractivity contribution in [2.45, 2.75) is 0 Å². The van der Waals surface area contributed by atoms with E-state index in [1.807, 2.05) is 30.3 Å². The van der Waals surface area contributed by atoms with Gasteiger partial charge in [-0.25, -0.2) is 0 Å². The van der Waals surface area contributed by atoms with Crippen molar-refractivity contribution in [1.82, 2.24) is 0 Å². The monoisotopic (exact) mass is 284 g/mol. The standard InChI is InChI=1S/C12H7Cl2O2P/c13-17(14,15)8-5-6-10-9-3-1-2-4-11(9)16-12(10)7-8/h1-7H. The highest BCUT2D eigenvalue weighted by Crippen LogP contribution is 2.55. The summed E-state index contributed by atoms with van der Waals surface area (Å²) in [5.41, 5.74) is 1.43. The molecule has 0 aliphatic heterocycles. The first-order valence-electron chi connectivity index (χ1n) is 4.97. The molecule has 0 fully saturated rings. The SMILES string of the molecule is O=P(Cl)(Cl)c1ccc2c(c1)oc1ccccc12. The molecule has 0 bridgehead atoms. The first kappa shape index (κ1) is 11.2. The fraction of sp³-hybridized carbons (Fsp3) is 0. The van der Waals surface area contributed by atoms with Gasteiger partial charge in [-0.05, 0) is 46.7 Å². The van der Waals surface area contributed by atoms with Crippen molar-refractivity contribution in [2.24, 2.45) is 0 Å². The molecule has 0 amide bonds. The summed E-state index contributed by atoms with van der Waals surface area (Å²) in [6.45, 7) is 0. The van der Waals surface area contributed by atoms with Crippen LogP contribution in [0.5, 0.6) is 0 Å². The minimum atomic E-state index is -3.28. The molecular formula is C12H7Cl2O2P. The van der Waals surface area contributed by atoms with Crippen molar-refractivity contribution < 1.29 is 8.98 Å². The predicted octanol–water partition coefficient (Wildman–Crippen LogP) is 4.88. The van der Waals surface area contributed by atoms with Gasteiger partial charge in [0.1, 0.15) is 11.2 Å². The summed E-state index contributed by atoms with van der Waals surface area (Å²) in [6.07, 6.45) is 0. The molecule has 0 aliphatic rings. The van der Waals surface area contributed by atoms with E-state index in [4.69, 9.17) is 26.9 Å². The molecule has 17 heavy (non-hydrogen) atoms. The Morgan fingerprint density at radius 2 is 1.65 bits per heavy atom. The average Bonchev–Trinajstić information content (AvgIpc) is 2.65. The first-order chi connectivity index (χ1) is 8.05. The second-order valence-corrected chi connectivity index (χ2v) is 8.56. The van der Waals surface area contributed by atoms with Crippen LogP contribution in [0.3, 0.4) is 0 Å². The summed E-state index contributed by atoms with van der Waals surface area (Å²) < 4.78 is 17.2. The number of halogens is 2. The quantitative estimate of drug-likeness (QED) is 0.596. The van der Waals surface area contributed by atoms with E-state index in [1.54, 1.807) is 12.1 Å². The second kappa shape index (κ2) is 3.78. The van der Waals surface area contributed by atoms with Crippen LogP contribution in [0.15, 0.2) is 46.9 Å². The summed E-state index contributed by atoms with van der Waals surface area (Å²) in [6, 6.07) is 12.8. The van der Waals surface area contributed by atoms with E-state index in [0.717, 1.165) is 16.4 Å². The van der Waals surface area contributed by atoms with Gasteiger partial charge >= 0.3 is 0 Å². The third-order valence-corrected chi connectivity index (χ3v) is 4.71. The van der Waals surface area contributed by atoms with Crippen molar-refractivity contribution in [2.75, 3.05) is 0 Å². The largest absolute Gasteiger partial charge is 0.456 e. The van der Waals surface area contributed by atoms with Gasteiger partial charge in [-0.15, -0.1) is 0 Å². The van der Waals surface area contributed by atoms with Gasteiger partial charge in [0.2, 0.25) is 0 Å². The molecule has 0 saturated heterocycles. The van der Waals surface area contributed by atoms with E-state index < -0.39 is 5.85 Å². The lowest BCUT2D eigenvalue weighted by atomic mass is 10.2. The summed E-state index contributed by atoms with van der Waals surface area (Å²) in [7, 11) is 0. The van der Waals surface area contributed by atoms with Crippen molar-refractivity contribution in [1.29, 1.82) is 0 Å². The molecule has 0 N–H and O–H groups in total. The highest BCUT2D eigenvalue weighted by Gasteiger charge is 2.19. The Balaban J connectivity index is 2.38. The Morgan fingerprint density at radius 3 is 2.41 bits per heavy atom. The summed E-state index contributed by atoms with van der Waals surface area (Å²) in [4.78, 5) is 0. The number of hydrogen-bond acceptors (Lipinski definition) is 2. The van der Waals surface area contributed by atoms with Crippen LogP contribution >= 0.6 is 28.3 Å². The van der Waals surface area contributed by atoms with E-state index >= 15 is 0 Å². The molecule has 1 aromatic heterocycles. The van der Waals surface area contributed by atoms with Gasteiger partial charge < -0.3 is 4.42 Å². The number of fused-ring (bicyclic) bond motifs is 3. The van der Waals surface area contributed by atoms with Gasteiger partial charge in [-0.3, -0.25) is 4.57 Å². The van der Waals surface area contributed by atoms with Gasteiger partial charge in [-0.1, -0.05) is 18.2 Å². The molecule has 2 aromatic carbocycles. The number of hydrogen-bond donors (Lipinski definition) is 0. The lowest BCUT2D eigenvalue weighted by Gasteiger charge is -2.00. The van der Waals surface area contributed by atoms with Crippen LogP contribution in [0.2, 0.25) is 0 Å². The molecule has 0 saturated carbocycles. The molecule has 0 atom stereocenters. The zero-order chi connectivity index (χ0) is 12.0. The van der Waals surface area contributed by atoms with E-state index in [-0.39, 0.29) is 0 Å². The normalized spacial score (nSPS) is 12.4. The van der Waals surface area contributed by atoms with Gasteiger partial charge in [0.15, 0.2) is 0 Å². The maximum absolute atomic E-state index is 11.6. The Labute approximate surface area is 107 Å². The summed E-state index contributed by atoms with van der Waals surface area (Å²) in [5, 5.41) is 2.38. The van der Waals surface area contributed by atoms with Crippen molar-refractivity contribution >= 4 is 55.6 Å². The average molecular weight is 285 g/mol. The minimum absolute atomic E-state index is 0.396. The van der Waals surface area contributed by atoms with Crippen LogP contribution in [0.4, 0.5) is 0 Å². The molecule has 0 radical (unpaired) electrons. The van der Waals surface area contributed by atoms with Crippen LogP contribution in [-0.2, 0) is 4.57 Å². The lowest BCUT2D eigenvalue weighted by Crippen LogP contribution is -1.94. The molecule has 0 aliphatic carbocycles. The summed E-state index contributed by atoms with van der Waals surface area (Å²) >= 11 is 11.3. The van der Waals surface area contributed by atoms with Gasteiger partial charge in [0, 0.05) is 16.1 Å². The third kappa shape index (κ3) is 1.87. The molecule has 0 spiro atoms. The maximum Gasteiger partial charge on any atom is 0.282 e. The number of benzene rings is 2. The van der Waals surface area contributed by atoms with Gasteiger partial charge in [-0.2, -0.15) is 0 Å². The Morgan fingerprint density at radius 1 is 0.941 bits per heavy atom. The predicted molar refractivity (Wildman–Crippen MR) is 72.7 cm³/mol. The first-order valence-corrected chi connectivity index (χ1v) is 8.48. The smallest absolute Gasteiger partial charge is 0.282 e. The number of rotatable bonds is 1. The molecular weight excluding hydrogens is 278 g/mol. The molecule has 1 heterocycles. The minimum Gasteiger partial charge on any atom is -0.456 e. The van der Waals surface area contributed by atoms with Gasteiger partial charge in [0.25, 0.3) is 5.85 Å². The van der Waals surface area contributed by atoms with Crippen molar-refractivity contribution in [3.8, 4) is 0 Å². The molecule has 5 heteroatoms. The third-order valence-electron chi connectivity index (χ3n) is 2.66. The summed E-state index contributed by atoms with van der Waals surface area (Å²) in [5.74, 6) is -3.28. The van der Waals surface area contributed by atoms with Crippen molar-refractivity contribution in [3.05, 3.63) is 42.5 Å². The molecule has 3 aromatic rings. The van der Waals surface area contributed by atoms with Crippen LogP contribution in [0, 0.1) is 0 Å². The van der Waals surface area contributed by atoms with Crippen LogP contribution < -0.4 is 5.30 Å². The van der Waals surface area contributed by atoms with E-state index in [0.29, 0.717) is 10.9 Å². The van der Waals surface area contributed by atoms with E-state index in [1.165, 1.54) is 0 Å².